The van der Waals surface area contributed by atoms with Crippen LogP contribution in [-0.4, -0.2) is 26.0 Å². The van der Waals surface area contributed by atoms with Gasteiger partial charge in [0.1, 0.15) is 17.1 Å². The Morgan fingerprint density at radius 3 is 2.30 bits per heavy atom. The van der Waals surface area contributed by atoms with Crippen LogP contribution in [0.1, 0.15) is 15.9 Å². The number of ether oxygens (including phenoxy) is 2. The second-order valence-corrected chi connectivity index (χ2v) is 4.71. The van der Waals surface area contributed by atoms with Crippen LogP contribution in [0.5, 0.6) is 11.5 Å². The summed E-state index contributed by atoms with van der Waals surface area (Å²) in [6.45, 7) is 0. The second-order valence-electron chi connectivity index (χ2n) is 4.71. The molecule has 0 unspecified atom stereocenters. The molecule has 0 aliphatic heterocycles. The van der Waals surface area contributed by atoms with Crippen LogP contribution in [0.4, 0.5) is 0 Å². The Bertz CT molecular complexity index is 713. The molecule has 0 aromatic heterocycles. The first-order valence-electron chi connectivity index (χ1n) is 6.99. The van der Waals surface area contributed by atoms with Crippen molar-refractivity contribution in [3.05, 3.63) is 59.7 Å². The largest absolute Gasteiger partial charge is 0.496 e. The van der Waals surface area contributed by atoms with E-state index < -0.39 is 5.97 Å². The molecule has 0 saturated heterocycles. The molecule has 0 atom stereocenters. The number of carbonyl (C=O) groups excluding carboxylic acids is 1. The average Bonchev–Trinajstić information content (AvgIpc) is 2.60. The van der Waals surface area contributed by atoms with Gasteiger partial charge in [-0.25, -0.2) is 4.79 Å². The summed E-state index contributed by atoms with van der Waals surface area (Å²) in [6.07, 6.45) is 0.364. The molecule has 0 saturated carbocycles. The Morgan fingerprint density at radius 1 is 1.00 bits per heavy atom. The van der Waals surface area contributed by atoms with Crippen LogP contribution in [0.15, 0.2) is 48.5 Å². The molecule has 0 aliphatic carbocycles. The van der Waals surface area contributed by atoms with E-state index in [0.717, 1.165) is 5.56 Å². The molecule has 0 spiro atoms. The number of carbonyl (C=O) groups is 1. The van der Waals surface area contributed by atoms with Crippen molar-refractivity contribution in [2.45, 2.75) is 6.42 Å². The summed E-state index contributed by atoms with van der Waals surface area (Å²) < 4.78 is 10.4. The molecule has 3 N–H and O–H groups in total. The summed E-state index contributed by atoms with van der Waals surface area (Å²) in [5, 5.41) is 2.47. The van der Waals surface area contributed by atoms with Gasteiger partial charge in [-0.3, -0.25) is 10.6 Å². The Balaban J connectivity index is 2.06. The summed E-state index contributed by atoms with van der Waals surface area (Å²) in [6, 6.07) is 14.3. The van der Waals surface area contributed by atoms with Gasteiger partial charge < -0.3 is 9.47 Å². The number of nitrogens with one attached hydrogen (secondary N) is 1. The van der Waals surface area contributed by atoms with Crippen molar-refractivity contribution >= 4 is 11.8 Å². The van der Waals surface area contributed by atoms with E-state index in [-0.39, 0.29) is 5.84 Å². The molecule has 0 radical (unpaired) electrons. The van der Waals surface area contributed by atoms with E-state index in [4.69, 9.17) is 20.0 Å². The number of para-hydroxylation sites is 2. The van der Waals surface area contributed by atoms with Crippen LogP contribution in [0.2, 0.25) is 0 Å². The Labute approximate surface area is 134 Å². The molecule has 0 bridgehead atoms. The van der Waals surface area contributed by atoms with E-state index >= 15 is 0 Å². The van der Waals surface area contributed by atoms with E-state index in [0.29, 0.717) is 23.5 Å². The third kappa shape index (κ3) is 4.23. The van der Waals surface area contributed by atoms with Crippen LogP contribution in [0, 0.1) is 0 Å². The van der Waals surface area contributed by atoms with Gasteiger partial charge in [0.2, 0.25) is 0 Å². The van der Waals surface area contributed by atoms with Crippen molar-refractivity contribution in [1.82, 2.24) is 0 Å². The molecule has 0 fully saturated rings. The molecule has 2 aromatic carbocycles. The van der Waals surface area contributed by atoms with E-state index in [2.05, 4.69) is 5.16 Å². The molecule has 0 amide bonds. The number of nitrogens with two attached hydrogens (primary N) is 1. The molecule has 2 aromatic rings. The third-order valence-electron chi connectivity index (χ3n) is 3.18. The summed E-state index contributed by atoms with van der Waals surface area (Å²) >= 11 is 0. The Morgan fingerprint density at radius 2 is 1.61 bits per heavy atom. The molecular formula is C17H19N2O4+. The van der Waals surface area contributed by atoms with Gasteiger partial charge in [0, 0.05) is 5.56 Å². The fourth-order valence-electron chi connectivity index (χ4n) is 2.07. The number of hydrogen-bond acceptors (Lipinski definition) is 4. The standard InChI is InChI=1S/C17H18N2O4/c1-21-14-9-5-3-7-12(14)11-16(18)19-23-17(20)13-8-4-6-10-15(13)22-2/h3-10H,11H2,1-2H3,(H2,18,19)/p+1. The lowest BCUT2D eigenvalue weighted by Crippen LogP contribution is -2.75. The Hall–Kier alpha value is -3.02. The molecular weight excluding hydrogens is 296 g/mol. The molecule has 6 heteroatoms. The summed E-state index contributed by atoms with van der Waals surface area (Å²) in [4.78, 5) is 17.1. The van der Waals surface area contributed by atoms with Crippen molar-refractivity contribution in [1.29, 1.82) is 0 Å². The Kier molecular flexibility index (Phi) is 5.57. The lowest BCUT2D eigenvalue weighted by Gasteiger charge is -2.06. The average molecular weight is 315 g/mol. The number of hydrogen-bond donors (Lipinski definition) is 2. The monoisotopic (exact) mass is 315 g/mol. The number of methoxy groups -OCH3 is 2. The van der Waals surface area contributed by atoms with Crippen LogP contribution < -0.4 is 20.4 Å². The lowest BCUT2D eigenvalue weighted by molar-refractivity contribution is -0.722. The first-order chi connectivity index (χ1) is 11.2. The van der Waals surface area contributed by atoms with Gasteiger partial charge in [-0.1, -0.05) is 35.5 Å². The molecule has 6 nitrogen and oxygen atoms in total. The van der Waals surface area contributed by atoms with E-state index in [1.807, 2.05) is 24.3 Å². The highest BCUT2D eigenvalue weighted by atomic mass is 16.7. The van der Waals surface area contributed by atoms with E-state index in [1.54, 1.807) is 31.4 Å². The van der Waals surface area contributed by atoms with Gasteiger partial charge in [-0.2, -0.15) is 0 Å². The maximum Gasteiger partial charge on any atom is 0.391 e. The first kappa shape index (κ1) is 16.4. The van der Waals surface area contributed by atoms with Crippen molar-refractivity contribution in [2.75, 3.05) is 14.2 Å². The molecule has 0 aliphatic rings. The summed E-state index contributed by atoms with van der Waals surface area (Å²) in [5.41, 5.74) is 7.06. The van der Waals surface area contributed by atoms with Crippen molar-refractivity contribution in [3.8, 4) is 11.5 Å². The van der Waals surface area contributed by atoms with Gasteiger partial charge in [0.05, 0.1) is 20.6 Å². The van der Waals surface area contributed by atoms with Crippen molar-refractivity contribution in [2.24, 2.45) is 5.73 Å². The van der Waals surface area contributed by atoms with E-state index in [9.17, 15) is 4.79 Å². The van der Waals surface area contributed by atoms with Gasteiger partial charge >= 0.3 is 5.97 Å². The normalized spacial score (nSPS) is 11.0. The topological polar surface area (TPSA) is 84.8 Å². The fourth-order valence-corrected chi connectivity index (χ4v) is 2.07. The number of rotatable bonds is 6. The SMILES string of the molecule is COc1ccccc1CC(N)=[NH+]OC(=O)c1ccccc1OC. The van der Waals surface area contributed by atoms with Gasteiger partial charge in [0.15, 0.2) is 0 Å². The zero-order valence-corrected chi connectivity index (χ0v) is 13.0. The van der Waals surface area contributed by atoms with Crippen LogP contribution in [-0.2, 0) is 11.3 Å². The zero-order chi connectivity index (χ0) is 16.7. The maximum absolute atomic E-state index is 12.0. The van der Waals surface area contributed by atoms with E-state index in [1.165, 1.54) is 7.11 Å². The van der Waals surface area contributed by atoms with Gasteiger partial charge in [-0.15, -0.1) is 0 Å². The van der Waals surface area contributed by atoms with Crippen LogP contribution >= 0.6 is 0 Å². The molecule has 0 heterocycles. The number of benzene rings is 2. The minimum Gasteiger partial charge on any atom is -0.496 e. The quantitative estimate of drug-likeness (QED) is 0.350. The third-order valence-corrected chi connectivity index (χ3v) is 3.18. The fraction of sp³-hybridized carbons (Fsp3) is 0.176. The predicted octanol–water partition coefficient (Wildman–Crippen LogP) is 0.456. The highest BCUT2D eigenvalue weighted by Crippen LogP contribution is 2.18. The summed E-state index contributed by atoms with van der Waals surface area (Å²) in [7, 11) is 3.08. The van der Waals surface area contributed by atoms with Crippen LogP contribution in [0.3, 0.4) is 0 Å². The minimum atomic E-state index is -0.578. The first-order valence-corrected chi connectivity index (χ1v) is 6.99. The zero-order valence-electron chi connectivity index (χ0n) is 13.0. The molecule has 23 heavy (non-hydrogen) atoms. The molecule has 120 valence electrons. The summed E-state index contributed by atoms with van der Waals surface area (Å²) in [5.74, 6) is 0.860. The molecule has 2 rings (SSSR count). The van der Waals surface area contributed by atoms with Gasteiger partial charge in [0.25, 0.3) is 5.84 Å². The van der Waals surface area contributed by atoms with Gasteiger partial charge in [-0.05, 0) is 18.2 Å². The minimum absolute atomic E-state index is 0.290. The van der Waals surface area contributed by atoms with Crippen LogP contribution in [0.25, 0.3) is 0 Å². The second kappa shape index (κ2) is 7.84. The smallest absolute Gasteiger partial charge is 0.391 e. The lowest BCUT2D eigenvalue weighted by atomic mass is 10.1. The van der Waals surface area contributed by atoms with Crippen molar-refractivity contribution in [3.63, 3.8) is 0 Å². The number of amidine groups is 1. The van der Waals surface area contributed by atoms with Crippen molar-refractivity contribution < 1.29 is 24.3 Å². The highest BCUT2D eigenvalue weighted by molar-refractivity contribution is 5.92. The maximum atomic E-state index is 12.0. The predicted molar refractivity (Wildman–Crippen MR) is 85.3 cm³/mol. The highest BCUT2D eigenvalue weighted by Gasteiger charge is 2.15.